The number of hydrogen-bond donors (Lipinski definition) is 6. The Kier molecular flexibility index (Phi) is 7.15. The fourth-order valence-corrected chi connectivity index (χ4v) is 4.47. The highest BCUT2D eigenvalue weighted by Crippen LogP contribution is 2.33. The molecule has 39 heavy (non-hydrogen) atoms. The van der Waals surface area contributed by atoms with Gasteiger partial charge in [0.05, 0.1) is 11.9 Å². The van der Waals surface area contributed by atoms with E-state index in [4.69, 9.17) is 10.5 Å². The second-order valence-electron chi connectivity index (χ2n) is 9.37. The number of nitrogens with two attached hydrogens (primary N) is 1. The van der Waals surface area contributed by atoms with Crippen LogP contribution in [0.4, 0.5) is 5.82 Å². The molecular formula is C27H28N6O6. The topological polar surface area (TPSA) is 189 Å². The molecule has 0 saturated carbocycles. The number of nitrogens with one attached hydrogen (secondary N) is 1. The zero-order valence-corrected chi connectivity index (χ0v) is 21.0. The van der Waals surface area contributed by atoms with Crippen LogP contribution in [0.1, 0.15) is 33.3 Å². The smallest absolute Gasteiger partial charge is 0.255 e. The van der Waals surface area contributed by atoms with E-state index < -0.39 is 36.2 Å². The summed E-state index contributed by atoms with van der Waals surface area (Å²) in [4.78, 5) is 24.9. The number of rotatable bonds is 7. The molecule has 202 valence electrons. The molecule has 1 amide bonds. The van der Waals surface area contributed by atoms with E-state index in [-0.39, 0.29) is 23.7 Å². The molecular weight excluding hydrogens is 504 g/mol. The number of aryl methyl sites for hydroxylation is 1. The van der Waals surface area contributed by atoms with E-state index in [9.17, 15) is 25.2 Å². The molecule has 0 radical (unpaired) electrons. The summed E-state index contributed by atoms with van der Waals surface area (Å²) in [6, 6.07) is 10.8. The Morgan fingerprint density at radius 1 is 1.10 bits per heavy atom. The summed E-state index contributed by atoms with van der Waals surface area (Å²) >= 11 is 0. The van der Waals surface area contributed by atoms with Crippen molar-refractivity contribution in [2.45, 2.75) is 37.9 Å². The van der Waals surface area contributed by atoms with Crippen LogP contribution in [-0.4, -0.2) is 70.7 Å². The first-order valence-corrected chi connectivity index (χ1v) is 12.2. The van der Waals surface area contributed by atoms with Gasteiger partial charge in [-0.2, -0.15) is 0 Å². The van der Waals surface area contributed by atoms with Crippen molar-refractivity contribution in [1.82, 2.24) is 24.8 Å². The summed E-state index contributed by atoms with van der Waals surface area (Å²) < 4.78 is 7.30. The summed E-state index contributed by atoms with van der Waals surface area (Å²) in [5.74, 6) is -1.31. The quantitative estimate of drug-likeness (QED) is 0.150. The number of aliphatic hydroxyl groups excluding tert-OH is 2. The average molecular weight is 533 g/mol. The van der Waals surface area contributed by atoms with Gasteiger partial charge in [0.2, 0.25) is 0 Å². The fraction of sp³-hybridized carbons (Fsp3) is 0.259. The number of phenols is 2. The number of nitrogen functional groups attached to an aromatic ring is 1. The molecule has 7 N–H and O–H groups in total. The minimum absolute atomic E-state index is 0.0341. The number of anilines is 1. The monoisotopic (exact) mass is 532 g/mol. The SMILES string of the molecule is Cc1ccc(Cc2cc(O)c(O)c(C(=O)NCC=CC3OC(n4cnc5c(N)ncnc54)[C@H](O)C3O)c2)cc1. The van der Waals surface area contributed by atoms with Gasteiger partial charge in [-0.15, -0.1) is 0 Å². The lowest BCUT2D eigenvalue weighted by molar-refractivity contribution is -0.0245. The van der Waals surface area contributed by atoms with Crippen LogP contribution in [0.5, 0.6) is 11.5 Å². The highest BCUT2D eigenvalue weighted by Gasteiger charge is 2.43. The van der Waals surface area contributed by atoms with Crippen LogP contribution in [-0.2, 0) is 11.2 Å². The molecule has 3 heterocycles. The van der Waals surface area contributed by atoms with Gasteiger partial charge in [-0.05, 0) is 36.6 Å². The molecule has 5 rings (SSSR count). The molecule has 0 aliphatic carbocycles. The molecule has 12 heteroatoms. The van der Waals surface area contributed by atoms with Gasteiger partial charge in [0.25, 0.3) is 5.91 Å². The van der Waals surface area contributed by atoms with Gasteiger partial charge in [0, 0.05) is 6.54 Å². The molecule has 1 aliphatic rings. The Balaban J connectivity index is 1.23. The number of imidazole rings is 1. The van der Waals surface area contributed by atoms with Gasteiger partial charge in [0.1, 0.15) is 30.2 Å². The number of carbonyl (C=O) groups is 1. The molecule has 2 aromatic heterocycles. The van der Waals surface area contributed by atoms with Crippen molar-refractivity contribution in [3.05, 3.63) is 83.5 Å². The molecule has 1 fully saturated rings. The Bertz CT molecular complexity index is 1540. The largest absolute Gasteiger partial charge is 0.504 e. The molecule has 1 aliphatic heterocycles. The van der Waals surface area contributed by atoms with E-state index in [1.54, 1.807) is 6.08 Å². The Hall–Kier alpha value is -4.52. The minimum atomic E-state index is -1.28. The molecule has 4 aromatic rings. The second-order valence-corrected chi connectivity index (χ2v) is 9.37. The van der Waals surface area contributed by atoms with E-state index in [0.29, 0.717) is 23.1 Å². The normalized spacial score (nSPS) is 21.1. The molecule has 0 spiro atoms. The van der Waals surface area contributed by atoms with Gasteiger partial charge in [-0.25, -0.2) is 15.0 Å². The summed E-state index contributed by atoms with van der Waals surface area (Å²) in [6.45, 7) is 2.02. The number of nitrogens with zero attached hydrogens (tertiary/aromatic N) is 4. The van der Waals surface area contributed by atoms with Gasteiger partial charge in [-0.1, -0.05) is 42.0 Å². The fourth-order valence-electron chi connectivity index (χ4n) is 4.47. The van der Waals surface area contributed by atoms with Gasteiger partial charge in [0.15, 0.2) is 29.2 Å². The number of aromatic hydroxyl groups is 2. The van der Waals surface area contributed by atoms with E-state index in [1.165, 1.54) is 35.4 Å². The Labute approximate surface area is 223 Å². The van der Waals surface area contributed by atoms with Gasteiger partial charge < -0.3 is 36.2 Å². The number of fused-ring (bicyclic) bond motifs is 1. The maximum Gasteiger partial charge on any atom is 0.255 e. The number of phenolic OH excluding ortho intramolecular Hbond substituents is 2. The third-order valence-corrected chi connectivity index (χ3v) is 6.57. The van der Waals surface area contributed by atoms with E-state index in [1.807, 2.05) is 31.2 Å². The summed E-state index contributed by atoms with van der Waals surface area (Å²) in [5.41, 5.74) is 9.23. The van der Waals surface area contributed by atoms with Crippen molar-refractivity contribution in [1.29, 1.82) is 0 Å². The number of benzene rings is 2. The van der Waals surface area contributed by atoms with E-state index in [2.05, 4.69) is 20.3 Å². The third-order valence-electron chi connectivity index (χ3n) is 6.57. The zero-order valence-electron chi connectivity index (χ0n) is 21.0. The highest BCUT2D eigenvalue weighted by molar-refractivity contribution is 5.98. The Morgan fingerprint density at radius 3 is 2.64 bits per heavy atom. The van der Waals surface area contributed by atoms with Crippen LogP contribution in [0.15, 0.2) is 61.2 Å². The van der Waals surface area contributed by atoms with Crippen LogP contribution >= 0.6 is 0 Å². The van der Waals surface area contributed by atoms with Crippen LogP contribution in [0.2, 0.25) is 0 Å². The molecule has 0 bridgehead atoms. The first kappa shape index (κ1) is 26.1. The Morgan fingerprint density at radius 2 is 1.87 bits per heavy atom. The number of carbonyl (C=O) groups excluding carboxylic acids is 1. The van der Waals surface area contributed by atoms with Crippen LogP contribution in [0.25, 0.3) is 11.2 Å². The number of amides is 1. The van der Waals surface area contributed by atoms with Crippen LogP contribution in [0, 0.1) is 6.92 Å². The summed E-state index contributed by atoms with van der Waals surface area (Å²) in [7, 11) is 0. The number of aromatic nitrogens is 4. The maximum atomic E-state index is 12.8. The predicted octanol–water partition coefficient (Wildman–Crippen LogP) is 1.32. The lowest BCUT2D eigenvalue weighted by Gasteiger charge is -2.16. The molecule has 2 aromatic carbocycles. The summed E-state index contributed by atoms with van der Waals surface area (Å²) in [6.07, 6.45) is 1.83. The number of ether oxygens (including phenoxy) is 1. The highest BCUT2D eigenvalue weighted by atomic mass is 16.6. The van der Waals surface area contributed by atoms with Crippen molar-refractivity contribution in [2.75, 3.05) is 12.3 Å². The van der Waals surface area contributed by atoms with Crippen molar-refractivity contribution >= 4 is 22.9 Å². The first-order valence-electron chi connectivity index (χ1n) is 12.2. The number of hydrogen-bond acceptors (Lipinski definition) is 10. The maximum absolute atomic E-state index is 12.8. The zero-order chi connectivity index (χ0) is 27.7. The lowest BCUT2D eigenvalue weighted by atomic mass is 10.0. The van der Waals surface area contributed by atoms with Crippen molar-refractivity contribution in [2.24, 2.45) is 0 Å². The van der Waals surface area contributed by atoms with Gasteiger partial charge in [-0.3, -0.25) is 9.36 Å². The lowest BCUT2D eigenvalue weighted by Crippen LogP contribution is -2.31. The van der Waals surface area contributed by atoms with E-state index >= 15 is 0 Å². The second kappa shape index (κ2) is 10.7. The number of aliphatic hydroxyl groups is 2. The molecule has 12 nitrogen and oxygen atoms in total. The van der Waals surface area contributed by atoms with Crippen LogP contribution < -0.4 is 11.1 Å². The third kappa shape index (κ3) is 5.25. The van der Waals surface area contributed by atoms with Crippen molar-refractivity contribution < 1.29 is 30.0 Å². The molecule has 1 saturated heterocycles. The van der Waals surface area contributed by atoms with Crippen molar-refractivity contribution in [3.8, 4) is 11.5 Å². The van der Waals surface area contributed by atoms with Crippen molar-refractivity contribution in [3.63, 3.8) is 0 Å². The standard InChI is InChI=1S/C27H28N6O6/c1-14-4-6-15(7-5-14)9-16-10-17(21(35)18(34)11-16)26(38)29-8-2-3-19-22(36)23(37)27(39-19)33-13-32-20-24(28)30-12-31-25(20)33/h2-7,10-13,19,22-23,27,34-37H,8-9H2,1H3,(H,29,38)(H2,28,30,31)/t19?,22?,23-,27?/m1/s1. The molecule has 3 unspecified atom stereocenters. The van der Waals surface area contributed by atoms with Crippen LogP contribution in [0.3, 0.4) is 0 Å². The summed E-state index contributed by atoms with van der Waals surface area (Å²) in [5, 5.41) is 44.2. The van der Waals surface area contributed by atoms with E-state index in [0.717, 1.165) is 11.1 Å². The molecule has 4 atom stereocenters. The average Bonchev–Trinajstić information content (AvgIpc) is 3.47. The minimum Gasteiger partial charge on any atom is -0.504 e. The van der Waals surface area contributed by atoms with Gasteiger partial charge >= 0.3 is 0 Å². The first-order chi connectivity index (χ1) is 18.7. The predicted molar refractivity (Wildman–Crippen MR) is 141 cm³/mol.